The fraction of sp³-hybridized carbons (Fsp3) is 0.312. The van der Waals surface area contributed by atoms with Gasteiger partial charge in [0.15, 0.2) is 0 Å². The molecule has 2 heterocycles. The smallest absolute Gasteiger partial charge is 0.123 e. The van der Waals surface area contributed by atoms with Crippen molar-refractivity contribution in [3.8, 4) is 0 Å². The highest BCUT2D eigenvalue weighted by Gasteiger charge is 2.31. The molecule has 1 aromatic heterocycles. The summed E-state index contributed by atoms with van der Waals surface area (Å²) in [6.07, 6.45) is 1.74. The van der Waals surface area contributed by atoms with Crippen molar-refractivity contribution in [3.05, 3.63) is 64.7 Å². The Morgan fingerprint density at radius 3 is 2.90 bits per heavy atom. The van der Waals surface area contributed by atoms with Gasteiger partial charge >= 0.3 is 0 Å². The van der Waals surface area contributed by atoms with Crippen molar-refractivity contribution in [3.63, 3.8) is 0 Å². The van der Waals surface area contributed by atoms with Crippen molar-refractivity contribution >= 4 is 11.6 Å². The summed E-state index contributed by atoms with van der Waals surface area (Å²) in [5.41, 5.74) is 8.03. The Morgan fingerprint density at radius 2 is 2.14 bits per heavy atom. The number of rotatable bonds is 3. The van der Waals surface area contributed by atoms with Gasteiger partial charge in [-0.25, -0.2) is 4.39 Å². The topological polar surface area (TPSA) is 42.1 Å². The van der Waals surface area contributed by atoms with Crippen LogP contribution in [0.25, 0.3) is 0 Å². The molecule has 0 bridgehead atoms. The molecule has 0 spiro atoms. The highest BCUT2D eigenvalue weighted by molar-refractivity contribution is 6.31. The van der Waals surface area contributed by atoms with Gasteiger partial charge in [0.1, 0.15) is 5.82 Å². The molecule has 0 saturated carbocycles. The third-order valence-electron chi connectivity index (χ3n) is 3.93. The molecule has 0 unspecified atom stereocenters. The van der Waals surface area contributed by atoms with Crippen LogP contribution in [0.2, 0.25) is 5.02 Å². The predicted octanol–water partition coefficient (Wildman–Crippen LogP) is 2.80. The van der Waals surface area contributed by atoms with Gasteiger partial charge in [-0.15, -0.1) is 0 Å². The second-order valence-corrected chi connectivity index (χ2v) is 5.86. The Morgan fingerprint density at radius 1 is 1.29 bits per heavy atom. The molecule has 1 aromatic carbocycles. The number of hydrogen-bond donors (Lipinski definition) is 1. The highest BCUT2D eigenvalue weighted by Crippen LogP contribution is 2.28. The minimum atomic E-state index is -0.217. The molecule has 0 radical (unpaired) electrons. The second kappa shape index (κ2) is 6.10. The number of halogens is 2. The monoisotopic (exact) mass is 305 g/mol. The molecule has 2 N–H and O–H groups in total. The molecular weight excluding hydrogens is 289 g/mol. The van der Waals surface area contributed by atoms with E-state index in [0.29, 0.717) is 11.6 Å². The van der Waals surface area contributed by atoms with E-state index in [0.717, 1.165) is 24.3 Å². The summed E-state index contributed by atoms with van der Waals surface area (Å²) in [6, 6.07) is 10.3. The minimum absolute atomic E-state index is 0.00529. The predicted molar refractivity (Wildman–Crippen MR) is 81.6 cm³/mol. The Bertz CT molecular complexity index is 634. The molecular formula is C16H17ClFN3. The van der Waals surface area contributed by atoms with Gasteiger partial charge in [0.2, 0.25) is 0 Å². The number of pyridine rings is 1. The van der Waals surface area contributed by atoms with Crippen LogP contribution in [0, 0.1) is 5.82 Å². The van der Waals surface area contributed by atoms with Gasteiger partial charge in [-0.3, -0.25) is 9.88 Å². The van der Waals surface area contributed by atoms with Crippen LogP contribution in [0.5, 0.6) is 0 Å². The largest absolute Gasteiger partial charge is 0.326 e. The van der Waals surface area contributed by atoms with E-state index < -0.39 is 0 Å². The molecule has 110 valence electrons. The number of nitrogens with two attached hydrogens (primary N) is 1. The maximum atomic E-state index is 13.4. The third kappa shape index (κ3) is 3.23. The Kier molecular flexibility index (Phi) is 4.19. The summed E-state index contributed by atoms with van der Waals surface area (Å²) in [4.78, 5) is 6.52. The van der Waals surface area contributed by atoms with Crippen molar-refractivity contribution < 1.29 is 4.39 Å². The summed E-state index contributed by atoms with van der Waals surface area (Å²) in [5, 5.41) is 0.667. The molecule has 0 amide bonds. The van der Waals surface area contributed by atoms with Crippen LogP contribution in [-0.4, -0.2) is 29.0 Å². The zero-order chi connectivity index (χ0) is 14.8. The van der Waals surface area contributed by atoms with E-state index in [-0.39, 0.29) is 17.8 Å². The number of aromatic nitrogens is 1. The van der Waals surface area contributed by atoms with Crippen molar-refractivity contribution in [1.82, 2.24) is 9.88 Å². The normalized spacial score (nSPS) is 22.6. The van der Waals surface area contributed by atoms with Gasteiger partial charge in [0.25, 0.3) is 0 Å². The molecule has 21 heavy (non-hydrogen) atoms. The SMILES string of the molecule is N[C@@H]1CN(Cc2ncccc2Cl)C[C@H]1c1cccc(F)c1. The van der Waals surface area contributed by atoms with Crippen molar-refractivity contribution in [1.29, 1.82) is 0 Å². The minimum Gasteiger partial charge on any atom is -0.326 e. The van der Waals surface area contributed by atoms with Crippen LogP contribution >= 0.6 is 11.6 Å². The molecule has 1 aliphatic heterocycles. The molecule has 1 fully saturated rings. The number of nitrogens with zero attached hydrogens (tertiary/aromatic N) is 2. The van der Waals surface area contributed by atoms with Crippen LogP contribution in [0.15, 0.2) is 42.6 Å². The summed E-state index contributed by atoms with van der Waals surface area (Å²) >= 11 is 6.14. The average molecular weight is 306 g/mol. The van der Waals surface area contributed by atoms with E-state index in [4.69, 9.17) is 17.3 Å². The molecule has 5 heteroatoms. The maximum absolute atomic E-state index is 13.4. The summed E-state index contributed by atoms with van der Waals surface area (Å²) in [7, 11) is 0. The highest BCUT2D eigenvalue weighted by atomic mass is 35.5. The average Bonchev–Trinajstić information content (AvgIpc) is 2.82. The standard InChI is InChI=1S/C16H17ClFN3/c17-14-5-2-6-20-16(14)10-21-8-13(15(19)9-21)11-3-1-4-12(18)7-11/h1-7,13,15H,8-10,19H2/t13-,15+/m0/s1. The number of benzene rings is 1. The first kappa shape index (κ1) is 14.4. The zero-order valence-electron chi connectivity index (χ0n) is 11.5. The lowest BCUT2D eigenvalue weighted by atomic mass is 9.95. The second-order valence-electron chi connectivity index (χ2n) is 5.45. The van der Waals surface area contributed by atoms with E-state index in [2.05, 4.69) is 9.88 Å². The van der Waals surface area contributed by atoms with Crippen molar-refractivity contribution in [2.75, 3.05) is 13.1 Å². The zero-order valence-corrected chi connectivity index (χ0v) is 12.3. The fourth-order valence-corrected chi connectivity index (χ4v) is 3.06. The Hall–Kier alpha value is -1.49. The van der Waals surface area contributed by atoms with Crippen LogP contribution in [-0.2, 0) is 6.54 Å². The van der Waals surface area contributed by atoms with Crippen molar-refractivity contribution in [2.24, 2.45) is 5.73 Å². The van der Waals surface area contributed by atoms with Gasteiger partial charge in [0, 0.05) is 37.8 Å². The first-order valence-corrected chi connectivity index (χ1v) is 7.34. The fourth-order valence-electron chi connectivity index (χ4n) is 2.88. The maximum Gasteiger partial charge on any atom is 0.123 e. The van der Waals surface area contributed by atoms with Gasteiger partial charge in [-0.05, 0) is 29.8 Å². The molecule has 3 nitrogen and oxygen atoms in total. The van der Waals surface area contributed by atoms with Crippen molar-refractivity contribution in [2.45, 2.75) is 18.5 Å². The van der Waals surface area contributed by atoms with Crippen LogP contribution < -0.4 is 5.73 Å². The molecule has 0 aliphatic carbocycles. The van der Waals surface area contributed by atoms with Crippen LogP contribution in [0.4, 0.5) is 4.39 Å². The number of likely N-dealkylation sites (tertiary alicyclic amines) is 1. The molecule has 1 saturated heterocycles. The summed E-state index contributed by atoms with van der Waals surface area (Å²) < 4.78 is 13.4. The van der Waals surface area contributed by atoms with E-state index in [1.807, 2.05) is 18.2 Å². The molecule has 2 atom stereocenters. The Labute approximate surface area is 128 Å². The van der Waals surface area contributed by atoms with Crippen LogP contribution in [0.3, 0.4) is 0 Å². The van der Waals surface area contributed by atoms with Gasteiger partial charge in [0.05, 0.1) is 10.7 Å². The summed E-state index contributed by atoms with van der Waals surface area (Å²) in [6.45, 7) is 2.21. The van der Waals surface area contributed by atoms with Crippen LogP contribution in [0.1, 0.15) is 17.2 Å². The molecule has 2 aromatic rings. The molecule has 3 rings (SSSR count). The Balaban J connectivity index is 1.73. The third-order valence-corrected chi connectivity index (χ3v) is 4.27. The van der Waals surface area contributed by atoms with Gasteiger partial charge in [-0.1, -0.05) is 23.7 Å². The quantitative estimate of drug-likeness (QED) is 0.948. The van der Waals surface area contributed by atoms with Gasteiger partial charge < -0.3 is 5.73 Å². The lowest BCUT2D eigenvalue weighted by Crippen LogP contribution is -2.28. The first-order valence-electron chi connectivity index (χ1n) is 6.96. The van der Waals surface area contributed by atoms with E-state index in [1.165, 1.54) is 6.07 Å². The first-order chi connectivity index (χ1) is 10.1. The lowest BCUT2D eigenvalue weighted by Gasteiger charge is -2.16. The van der Waals surface area contributed by atoms with E-state index >= 15 is 0 Å². The number of hydrogen-bond acceptors (Lipinski definition) is 3. The molecule has 1 aliphatic rings. The summed E-state index contributed by atoms with van der Waals surface area (Å²) in [5.74, 6) is -0.0749. The van der Waals surface area contributed by atoms with Gasteiger partial charge in [-0.2, -0.15) is 0 Å². The lowest BCUT2D eigenvalue weighted by molar-refractivity contribution is 0.320. The van der Waals surface area contributed by atoms with E-state index in [9.17, 15) is 4.39 Å². The van der Waals surface area contributed by atoms with E-state index in [1.54, 1.807) is 18.3 Å².